The second-order valence-corrected chi connectivity index (χ2v) is 3.04. The van der Waals surface area contributed by atoms with E-state index in [0.29, 0.717) is 0 Å². The zero-order valence-electron chi connectivity index (χ0n) is 8.02. The van der Waals surface area contributed by atoms with Crippen molar-refractivity contribution in [3.8, 4) is 0 Å². The van der Waals surface area contributed by atoms with Crippen molar-refractivity contribution in [1.82, 2.24) is 0 Å². The molecule has 0 spiro atoms. The van der Waals surface area contributed by atoms with Crippen molar-refractivity contribution in [2.45, 2.75) is 25.7 Å². The monoisotopic (exact) mass is 173 g/mol. The molecular formula is C13H17. The van der Waals surface area contributed by atoms with E-state index in [1.165, 1.54) is 0 Å². The first-order chi connectivity index (χ1) is 6.50. The standard InChI is InChI=1S/C13H17/c1-2-4-6-8-10-12-13-11-9-7-5-3-1/h1-4,7,9-10,12-13H,5-6,8,11H2/b3-1+,4-2-,9-7+,12-10+. The highest BCUT2D eigenvalue weighted by atomic mass is 13.9. The Balaban J connectivity index is 2.38. The van der Waals surface area contributed by atoms with Crippen molar-refractivity contribution in [2.75, 3.05) is 0 Å². The van der Waals surface area contributed by atoms with Crippen LogP contribution in [0.25, 0.3) is 0 Å². The van der Waals surface area contributed by atoms with Crippen LogP contribution in [-0.4, -0.2) is 0 Å². The van der Waals surface area contributed by atoms with Gasteiger partial charge in [0.15, 0.2) is 0 Å². The van der Waals surface area contributed by atoms with E-state index in [-0.39, 0.29) is 0 Å². The normalized spacial score (nSPS) is 28.9. The molecule has 0 heterocycles. The highest BCUT2D eigenvalue weighted by Crippen LogP contribution is 1.99. The van der Waals surface area contributed by atoms with Crippen LogP contribution in [0.5, 0.6) is 0 Å². The lowest BCUT2D eigenvalue weighted by Gasteiger charge is -1.86. The summed E-state index contributed by atoms with van der Waals surface area (Å²) in [6, 6.07) is 0. The van der Waals surface area contributed by atoms with Crippen molar-refractivity contribution in [2.24, 2.45) is 0 Å². The van der Waals surface area contributed by atoms with Crippen LogP contribution in [0.15, 0.2) is 48.6 Å². The molecule has 0 saturated heterocycles. The molecule has 1 rings (SSSR count). The Labute approximate surface area is 81.4 Å². The van der Waals surface area contributed by atoms with Gasteiger partial charge in [-0.25, -0.2) is 0 Å². The SMILES string of the molecule is [CH]1/C=C/CC/C=C\C=C\C/C=C/C1. The number of rotatable bonds is 0. The Bertz CT molecular complexity index is 216. The summed E-state index contributed by atoms with van der Waals surface area (Å²) >= 11 is 0. The van der Waals surface area contributed by atoms with Crippen molar-refractivity contribution in [3.63, 3.8) is 0 Å². The van der Waals surface area contributed by atoms with Gasteiger partial charge in [-0.15, -0.1) is 0 Å². The summed E-state index contributed by atoms with van der Waals surface area (Å²) in [4.78, 5) is 0. The van der Waals surface area contributed by atoms with Crippen molar-refractivity contribution >= 4 is 0 Å². The van der Waals surface area contributed by atoms with Gasteiger partial charge in [-0.2, -0.15) is 0 Å². The van der Waals surface area contributed by atoms with E-state index in [1.54, 1.807) is 0 Å². The van der Waals surface area contributed by atoms with Crippen LogP contribution in [0.1, 0.15) is 25.7 Å². The molecule has 0 fully saturated rings. The van der Waals surface area contributed by atoms with E-state index in [0.717, 1.165) is 25.7 Å². The molecule has 0 atom stereocenters. The molecule has 0 saturated carbocycles. The summed E-state index contributed by atoms with van der Waals surface area (Å²) in [5, 5.41) is 0. The predicted molar refractivity (Wildman–Crippen MR) is 59.3 cm³/mol. The summed E-state index contributed by atoms with van der Waals surface area (Å²) in [7, 11) is 0. The third kappa shape index (κ3) is 6.15. The molecule has 0 aliphatic heterocycles. The first-order valence-electron chi connectivity index (χ1n) is 4.95. The molecule has 0 unspecified atom stereocenters. The van der Waals surface area contributed by atoms with Crippen molar-refractivity contribution in [1.29, 1.82) is 0 Å². The Morgan fingerprint density at radius 1 is 0.538 bits per heavy atom. The highest BCUT2D eigenvalue weighted by molar-refractivity contribution is 5.07. The maximum absolute atomic E-state index is 2.22. The summed E-state index contributed by atoms with van der Waals surface area (Å²) in [5.74, 6) is 0. The number of allylic oxidation sites excluding steroid dienone is 8. The molecule has 1 aliphatic carbocycles. The van der Waals surface area contributed by atoms with E-state index in [9.17, 15) is 0 Å². The molecule has 0 heteroatoms. The topological polar surface area (TPSA) is 0 Å². The molecule has 69 valence electrons. The van der Waals surface area contributed by atoms with Gasteiger partial charge in [0.1, 0.15) is 0 Å². The van der Waals surface area contributed by atoms with Crippen molar-refractivity contribution in [3.05, 3.63) is 55.0 Å². The molecule has 1 aliphatic rings. The first-order valence-corrected chi connectivity index (χ1v) is 4.95. The molecule has 1 radical (unpaired) electrons. The lowest BCUT2D eigenvalue weighted by molar-refractivity contribution is 1.05. The van der Waals surface area contributed by atoms with Gasteiger partial charge in [-0.1, -0.05) is 48.6 Å². The largest absolute Gasteiger partial charge is 0.0879 e. The van der Waals surface area contributed by atoms with Gasteiger partial charge < -0.3 is 0 Å². The van der Waals surface area contributed by atoms with Crippen molar-refractivity contribution < 1.29 is 0 Å². The molecule has 0 bridgehead atoms. The summed E-state index contributed by atoms with van der Waals surface area (Å²) in [6.07, 6.45) is 24.0. The minimum atomic E-state index is 1.04. The van der Waals surface area contributed by atoms with Crippen LogP contribution in [0.3, 0.4) is 0 Å². The van der Waals surface area contributed by atoms with Gasteiger partial charge in [0.05, 0.1) is 0 Å². The fraction of sp³-hybridized carbons (Fsp3) is 0.308. The quantitative estimate of drug-likeness (QED) is 0.486. The van der Waals surface area contributed by atoms with Crippen LogP contribution in [0.4, 0.5) is 0 Å². The van der Waals surface area contributed by atoms with Gasteiger partial charge >= 0.3 is 0 Å². The lowest BCUT2D eigenvalue weighted by Crippen LogP contribution is -1.67. The van der Waals surface area contributed by atoms with Gasteiger partial charge in [0.2, 0.25) is 0 Å². The van der Waals surface area contributed by atoms with E-state index in [4.69, 9.17) is 0 Å². The van der Waals surface area contributed by atoms with Gasteiger partial charge in [0, 0.05) is 0 Å². The molecular weight excluding hydrogens is 156 g/mol. The van der Waals surface area contributed by atoms with Crippen LogP contribution >= 0.6 is 0 Å². The molecule has 13 heavy (non-hydrogen) atoms. The predicted octanol–water partition coefficient (Wildman–Crippen LogP) is 3.99. The second kappa shape index (κ2) is 7.60. The minimum absolute atomic E-state index is 1.04. The van der Waals surface area contributed by atoms with E-state index in [2.05, 4.69) is 55.0 Å². The summed E-state index contributed by atoms with van der Waals surface area (Å²) in [6.45, 7) is 0. The molecule has 0 aromatic rings. The Morgan fingerprint density at radius 3 is 2.15 bits per heavy atom. The third-order valence-corrected chi connectivity index (χ3v) is 1.87. The van der Waals surface area contributed by atoms with E-state index < -0.39 is 0 Å². The average molecular weight is 173 g/mol. The van der Waals surface area contributed by atoms with Gasteiger partial charge in [-0.05, 0) is 32.1 Å². The molecule has 0 aromatic heterocycles. The molecule has 0 nitrogen and oxygen atoms in total. The highest BCUT2D eigenvalue weighted by Gasteiger charge is 1.80. The van der Waals surface area contributed by atoms with Crippen LogP contribution in [-0.2, 0) is 0 Å². The number of hydrogen-bond acceptors (Lipinski definition) is 0. The van der Waals surface area contributed by atoms with E-state index in [1.807, 2.05) is 0 Å². The zero-order valence-corrected chi connectivity index (χ0v) is 8.02. The molecule has 0 aromatic carbocycles. The fourth-order valence-electron chi connectivity index (χ4n) is 1.14. The lowest BCUT2D eigenvalue weighted by atomic mass is 10.2. The van der Waals surface area contributed by atoms with Crippen LogP contribution < -0.4 is 0 Å². The minimum Gasteiger partial charge on any atom is -0.0879 e. The molecule has 0 N–H and O–H groups in total. The maximum atomic E-state index is 2.22. The Morgan fingerprint density at radius 2 is 1.23 bits per heavy atom. The Kier molecular flexibility index (Phi) is 5.87. The smallest absolute Gasteiger partial charge is 0.0133 e. The first kappa shape index (κ1) is 10.0. The summed E-state index contributed by atoms with van der Waals surface area (Å²) in [5.41, 5.74) is 0. The average Bonchev–Trinajstić information content (AvgIpc) is 2.18. The maximum Gasteiger partial charge on any atom is -0.0133 e. The number of hydrogen-bond donors (Lipinski definition) is 0. The zero-order chi connectivity index (χ0) is 9.19. The fourth-order valence-corrected chi connectivity index (χ4v) is 1.14. The van der Waals surface area contributed by atoms with Gasteiger partial charge in [-0.3, -0.25) is 0 Å². The van der Waals surface area contributed by atoms with Gasteiger partial charge in [0.25, 0.3) is 0 Å². The summed E-state index contributed by atoms with van der Waals surface area (Å²) < 4.78 is 0. The third-order valence-electron chi connectivity index (χ3n) is 1.87. The van der Waals surface area contributed by atoms with Crippen LogP contribution in [0.2, 0.25) is 0 Å². The second-order valence-electron chi connectivity index (χ2n) is 3.04. The van der Waals surface area contributed by atoms with E-state index >= 15 is 0 Å². The Hall–Kier alpha value is -1.04. The van der Waals surface area contributed by atoms with Crippen LogP contribution in [0, 0.1) is 6.42 Å². The molecule has 0 amide bonds.